The van der Waals surface area contributed by atoms with Crippen LogP contribution in [0.3, 0.4) is 0 Å². The van der Waals surface area contributed by atoms with Gasteiger partial charge < -0.3 is 14.4 Å². The minimum atomic E-state index is -0.400. The molecule has 1 aromatic heterocycles. The number of non-ortho nitro benzene ring substituents is 1. The molecule has 1 aromatic carbocycles. The third-order valence-corrected chi connectivity index (χ3v) is 5.51. The summed E-state index contributed by atoms with van der Waals surface area (Å²) >= 11 is 0. The number of ether oxygens (including phenoxy) is 2. The van der Waals surface area contributed by atoms with E-state index < -0.39 is 4.92 Å². The van der Waals surface area contributed by atoms with Crippen LogP contribution in [-0.4, -0.2) is 47.3 Å². The summed E-state index contributed by atoms with van der Waals surface area (Å²) < 4.78 is 11.6. The molecule has 0 radical (unpaired) electrons. The maximum atomic E-state index is 10.9. The summed E-state index contributed by atoms with van der Waals surface area (Å²) in [5.74, 6) is 1.57. The molecular formula is C21H26N4O4. The number of aromatic nitrogens is 2. The molecule has 2 unspecified atom stereocenters. The fraction of sp³-hybridized carbons (Fsp3) is 0.524. The number of hydrogen-bond acceptors (Lipinski definition) is 7. The van der Waals surface area contributed by atoms with Gasteiger partial charge in [0.2, 0.25) is 0 Å². The molecule has 3 aliphatic rings. The van der Waals surface area contributed by atoms with Gasteiger partial charge in [-0.05, 0) is 25.0 Å². The van der Waals surface area contributed by atoms with Crippen LogP contribution in [0.25, 0.3) is 11.4 Å². The Kier molecular flexibility index (Phi) is 5.73. The summed E-state index contributed by atoms with van der Waals surface area (Å²) in [6, 6.07) is 6.41. The number of rotatable bonds is 3. The Bertz CT molecular complexity index is 881. The molecular weight excluding hydrogens is 372 g/mol. The highest BCUT2D eigenvalue weighted by molar-refractivity contribution is 5.63. The van der Waals surface area contributed by atoms with E-state index in [4.69, 9.17) is 19.4 Å². The number of fused-ring (bicyclic) bond motifs is 4. The Morgan fingerprint density at radius 3 is 2.52 bits per heavy atom. The molecule has 2 atom stereocenters. The molecule has 0 N–H and O–H groups in total. The molecule has 8 nitrogen and oxygen atoms in total. The van der Waals surface area contributed by atoms with E-state index >= 15 is 0 Å². The fourth-order valence-corrected chi connectivity index (χ4v) is 4.13. The lowest BCUT2D eigenvalue weighted by Gasteiger charge is -2.33. The number of anilines is 1. The summed E-state index contributed by atoms with van der Waals surface area (Å²) in [6.45, 7) is 6.99. The third-order valence-electron chi connectivity index (χ3n) is 5.51. The van der Waals surface area contributed by atoms with Crippen LogP contribution in [0.5, 0.6) is 0 Å². The first kappa shape index (κ1) is 19.7. The van der Waals surface area contributed by atoms with E-state index in [0.29, 0.717) is 19.0 Å². The first-order valence-electron chi connectivity index (χ1n) is 10.3. The number of nitro groups is 1. The monoisotopic (exact) mass is 398 g/mol. The molecule has 0 aliphatic carbocycles. The van der Waals surface area contributed by atoms with E-state index in [-0.39, 0.29) is 17.9 Å². The van der Waals surface area contributed by atoms with Crippen molar-refractivity contribution in [2.75, 3.05) is 31.2 Å². The largest absolute Gasteiger partial charge is 0.378 e. The van der Waals surface area contributed by atoms with Crippen molar-refractivity contribution in [1.82, 2.24) is 9.97 Å². The first-order valence-corrected chi connectivity index (χ1v) is 10.3. The second-order valence-corrected chi connectivity index (χ2v) is 7.17. The smallest absolute Gasteiger partial charge is 0.269 e. The predicted octanol–water partition coefficient (Wildman–Crippen LogP) is 3.69. The van der Waals surface area contributed by atoms with Gasteiger partial charge in [-0.1, -0.05) is 13.8 Å². The number of morpholine rings is 1. The van der Waals surface area contributed by atoms with Crippen LogP contribution < -0.4 is 4.90 Å². The topological polar surface area (TPSA) is 90.6 Å². The summed E-state index contributed by atoms with van der Waals surface area (Å²) in [5, 5.41) is 10.9. The molecule has 2 saturated heterocycles. The van der Waals surface area contributed by atoms with E-state index in [0.717, 1.165) is 49.4 Å². The van der Waals surface area contributed by atoms with Gasteiger partial charge in [0.25, 0.3) is 5.69 Å². The average Bonchev–Trinajstić information content (AvgIpc) is 3.17. The Morgan fingerprint density at radius 1 is 1.10 bits per heavy atom. The van der Waals surface area contributed by atoms with Crippen LogP contribution in [0.1, 0.15) is 44.1 Å². The Balaban J connectivity index is 0.000000994. The van der Waals surface area contributed by atoms with Crippen molar-refractivity contribution in [3.63, 3.8) is 0 Å². The summed E-state index contributed by atoms with van der Waals surface area (Å²) in [5.41, 5.74) is 3.01. The van der Waals surface area contributed by atoms with Crippen molar-refractivity contribution in [3.8, 4) is 11.4 Å². The Labute approximate surface area is 170 Å². The summed E-state index contributed by atoms with van der Waals surface area (Å²) in [7, 11) is 0. The maximum absolute atomic E-state index is 10.9. The molecule has 0 saturated carbocycles. The molecule has 0 amide bonds. The zero-order valence-corrected chi connectivity index (χ0v) is 16.8. The predicted molar refractivity (Wildman–Crippen MR) is 109 cm³/mol. The maximum Gasteiger partial charge on any atom is 0.269 e. The lowest BCUT2D eigenvalue weighted by atomic mass is 10.0. The van der Waals surface area contributed by atoms with Crippen LogP contribution in [0, 0.1) is 10.1 Å². The SMILES string of the molecule is CC.O=[N+]([O-])c1ccc(-c2nc3c(c(N4CCOCC4)n2)CC2CCC3O2)cc1. The van der Waals surface area contributed by atoms with Crippen LogP contribution in [0.4, 0.5) is 11.5 Å². The number of nitro benzene ring substituents is 1. The molecule has 5 rings (SSSR count). The lowest BCUT2D eigenvalue weighted by Crippen LogP contribution is -2.38. The lowest BCUT2D eigenvalue weighted by molar-refractivity contribution is -0.384. The minimum absolute atomic E-state index is 0.0262. The molecule has 4 heterocycles. The first-order chi connectivity index (χ1) is 14.2. The van der Waals surface area contributed by atoms with E-state index in [1.165, 1.54) is 17.7 Å². The van der Waals surface area contributed by atoms with Gasteiger partial charge in [0.05, 0.1) is 29.9 Å². The zero-order valence-electron chi connectivity index (χ0n) is 16.8. The van der Waals surface area contributed by atoms with Crippen LogP contribution in [-0.2, 0) is 15.9 Å². The second-order valence-electron chi connectivity index (χ2n) is 7.17. The van der Waals surface area contributed by atoms with E-state index in [2.05, 4.69) is 4.90 Å². The molecule has 8 heteroatoms. The van der Waals surface area contributed by atoms with Crippen molar-refractivity contribution >= 4 is 11.5 Å². The highest BCUT2D eigenvalue weighted by Crippen LogP contribution is 2.43. The zero-order chi connectivity index (χ0) is 20.4. The van der Waals surface area contributed by atoms with Gasteiger partial charge in [-0.15, -0.1) is 0 Å². The molecule has 3 aliphatic heterocycles. The van der Waals surface area contributed by atoms with Gasteiger partial charge in [0, 0.05) is 42.8 Å². The van der Waals surface area contributed by atoms with Gasteiger partial charge in [-0.2, -0.15) is 0 Å². The molecule has 2 fully saturated rings. The normalized spacial score (nSPS) is 22.5. The number of benzene rings is 1. The van der Waals surface area contributed by atoms with Crippen LogP contribution >= 0.6 is 0 Å². The molecule has 2 bridgehead atoms. The highest BCUT2D eigenvalue weighted by Gasteiger charge is 2.38. The van der Waals surface area contributed by atoms with E-state index in [1.807, 2.05) is 13.8 Å². The molecule has 29 heavy (non-hydrogen) atoms. The van der Waals surface area contributed by atoms with Crippen LogP contribution in [0.2, 0.25) is 0 Å². The van der Waals surface area contributed by atoms with Crippen molar-refractivity contribution < 1.29 is 14.4 Å². The van der Waals surface area contributed by atoms with Crippen LogP contribution in [0.15, 0.2) is 24.3 Å². The van der Waals surface area contributed by atoms with Crippen molar-refractivity contribution in [3.05, 3.63) is 45.6 Å². The number of nitrogens with zero attached hydrogens (tertiary/aromatic N) is 4. The van der Waals surface area contributed by atoms with Crippen molar-refractivity contribution in [2.24, 2.45) is 0 Å². The van der Waals surface area contributed by atoms with Gasteiger partial charge in [0.1, 0.15) is 11.9 Å². The van der Waals surface area contributed by atoms with Crippen molar-refractivity contribution in [2.45, 2.75) is 45.3 Å². The van der Waals surface area contributed by atoms with E-state index in [9.17, 15) is 10.1 Å². The van der Waals surface area contributed by atoms with Gasteiger partial charge in [0.15, 0.2) is 5.82 Å². The molecule has 2 aromatic rings. The standard InChI is InChI=1S/C19H20N4O4.C2H6/c24-23(25)13-3-1-12(2-4-13)18-20-17-15(11-14-5-6-16(17)27-14)19(21-18)22-7-9-26-10-8-22;1-2/h1-4,14,16H,5-11H2;1-2H3. The van der Waals surface area contributed by atoms with E-state index in [1.54, 1.807) is 12.1 Å². The second kappa shape index (κ2) is 8.42. The van der Waals surface area contributed by atoms with Gasteiger partial charge in [-0.3, -0.25) is 10.1 Å². The molecule has 0 spiro atoms. The average molecular weight is 398 g/mol. The minimum Gasteiger partial charge on any atom is -0.378 e. The van der Waals surface area contributed by atoms with Gasteiger partial charge >= 0.3 is 0 Å². The Morgan fingerprint density at radius 2 is 1.83 bits per heavy atom. The van der Waals surface area contributed by atoms with Gasteiger partial charge in [-0.25, -0.2) is 9.97 Å². The fourth-order valence-electron chi connectivity index (χ4n) is 4.13. The summed E-state index contributed by atoms with van der Waals surface area (Å²) in [4.78, 5) is 22.5. The summed E-state index contributed by atoms with van der Waals surface area (Å²) in [6.07, 6.45) is 3.17. The number of hydrogen-bond donors (Lipinski definition) is 0. The van der Waals surface area contributed by atoms with Crippen molar-refractivity contribution in [1.29, 1.82) is 0 Å². The quantitative estimate of drug-likeness (QED) is 0.575. The third kappa shape index (κ3) is 3.82. The Hall–Kier alpha value is -2.58. The highest BCUT2D eigenvalue weighted by atomic mass is 16.6. The molecule has 154 valence electrons.